The van der Waals surface area contributed by atoms with Gasteiger partial charge in [-0.2, -0.15) is 0 Å². The smallest absolute Gasteiger partial charge is 0.310 e. The lowest BCUT2D eigenvalue weighted by molar-refractivity contribution is -0.151. The zero-order valence-corrected chi connectivity index (χ0v) is 12.3. The van der Waals surface area contributed by atoms with Crippen molar-refractivity contribution < 1.29 is 14.3 Å². The van der Waals surface area contributed by atoms with Crippen molar-refractivity contribution in [2.75, 3.05) is 13.1 Å². The van der Waals surface area contributed by atoms with Crippen LogP contribution in [-0.4, -0.2) is 29.1 Å². The summed E-state index contributed by atoms with van der Waals surface area (Å²) >= 11 is 0. The van der Waals surface area contributed by atoms with Gasteiger partial charge in [-0.05, 0) is 57.4 Å². The Balaban J connectivity index is 2.18. The lowest BCUT2D eigenvalue weighted by Gasteiger charge is -2.40. The molecule has 110 valence electrons. The summed E-state index contributed by atoms with van der Waals surface area (Å²) in [5.74, 6) is -0.947. The molecule has 0 amide bonds. The minimum Gasteiger partial charge on any atom is -0.481 e. The Kier molecular flexibility index (Phi) is 4.14. The van der Waals surface area contributed by atoms with E-state index in [1.807, 2.05) is 13.0 Å². The SMILES string of the molecule is Cc1ccc(C(C)N2CCCC(C)(C(=O)O)C2)cc1F. The number of carbonyl (C=O) groups is 1. The average Bonchev–Trinajstić information content (AvgIpc) is 2.41. The van der Waals surface area contributed by atoms with Crippen LogP contribution < -0.4 is 0 Å². The molecule has 2 atom stereocenters. The summed E-state index contributed by atoms with van der Waals surface area (Å²) in [6.07, 6.45) is 1.56. The number of carboxylic acids is 1. The maximum Gasteiger partial charge on any atom is 0.310 e. The second-order valence-electron chi connectivity index (χ2n) is 6.12. The number of benzene rings is 1. The summed E-state index contributed by atoms with van der Waals surface area (Å²) in [6.45, 7) is 6.92. The normalized spacial score (nSPS) is 25.4. The molecule has 1 aromatic rings. The molecule has 20 heavy (non-hydrogen) atoms. The van der Waals surface area contributed by atoms with Gasteiger partial charge in [0.15, 0.2) is 0 Å². The van der Waals surface area contributed by atoms with E-state index in [0.717, 1.165) is 18.5 Å². The highest BCUT2D eigenvalue weighted by Crippen LogP contribution is 2.34. The summed E-state index contributed by atoms with van der Waals surface area (Å²) in [6, 6.07) is 5.30. The Hall–Kier alpha value is -1.42. The number of nitrogens with zero attached hydrogens (tertiary/aromatic N) is 1. The number of aliphatic carboxylic acids is 1. The highest BCUT2D eigenvalue weighted by Gasteiger charge is 2.39. The van der Waals surface area contributed by atoms with Gasteiger partial charge in [0.05, 0.1) is 5.41 Å². The van der Waals surface area contributed by atoms with Crippen LogP contribution in [0, 0.1) is 18.2 Å². The van der Waals surface area contributed by atoms with Gasteiger partial charge in [-0.3, -0.25) is 9.69 Å². The molecule has 1 fully saturated rings. The maximum atomic E-state index is 13.7. The van der Waals surface area contributed by atoms with E-state index < -0.39 is 11.4 Å². The van der Waals surface area contributed by atoms with E-state index in [1.165, 1.54) is 0 Å². The number of carboxylic acid groups (broad SMARTS) is 1. The first-order valence-corrected chi connectivity index (χ1v) is 7.07. The Bertz CT molecular complexity index is 517. The fraction of sp³-hybridized carbons (Fsp3) is 0.562. The number of rotatable bonds is 3. The molecule has 0 radical (unpaired) electrons. The summed E-state index contributed by atoms with van der Waals surface area (Å²) in [4.78, 5) is 13.5. The minimum atomic E-state index is -0.746. The molecule has 0 spiro atoms. The van der Waals surface area contributed by atoms with E-state index in [9.17, 15) is 14.3 Å². The monoisotopic (exact) mass is 279 g/mol. The summed E-state index contributed by atoms with van der Waals surface area (Å²) in [7, 11) is 0. The molecule has 1 aliphatic rings. The van der Waals surface area contributed by atoms with Gasteiger partial charge in [-0.25, -0.2) is 4.39 Å². The number of hydrogen-bond donors (Lipinski definition) is 1. The van der Waals surface area contributed by atoms with Crippen LogP contribution in [0.15, 0.2) is 18.2 Å². The fourth-order valence-corrected chi connectivity index (χ4v) is 2.86. The van der Waals surface area contributed by atoms with Crippen molar-refractivity contribution in [3.63, 3.8) is 0 Å². The fourth-order valence-electron chi connectivity index (χ4n) is 2.86. The van der Waals surface area contributed by atoms with Crippen LogP contribution in [0.4, 0.5) is 4.39 Å². The Labute approximate surface area is 119 Å². The van der Waals surface area contributed by atoms with Gasteiger partial charge >= 0.3 is 5.97 Å². The zero-order valence-electron chi connectivity index (χ0n) is 12.3. The first kappa shape index (κ1) is 15.0. The summed E-state index contributed by atoms with van der Waals surface area (Å²) in [5, 5.41) is 9.36. The second-order valence-corrected chi connectivity index (χ2v) is 6.12. The molecule has 0 bridgehead atoms. The third-order valence-corrected chi connectivity index (χ3v) is 4.47. The van der Waals surface area contributed by atoms with Crippen LogP contribution in [-0.2, 0) is 4.79 Å². The van der Waals surface area contributed by atoms with Crippen LogP contribution in [0.3, 0.4) is 0 Å². The predicted molar refractivity (Wildman–Crippen MR) is 76.1 cm³/mol. The van der Waals surface area contributed by atoms with Crippen LogP contribution >= 0.6 is 0 Å². The first-order valence-electron chi connectivity index (χ1n) is 7.07. The molecule has 0 aliphatic carbocycles. The quantitative estimate of drug-likeness (QED) is 0.922. The van der Waals surface area contributed by atoms with Crippen molar-refractivity contribution in [1.82, 2.24) is 4.90 Å². The van der Waals surface area contributed by atoms with E-state index in [0.29, 0.717) is 18.5 Å². The van der Waals surface area contributed by atoms with E-state index >= 15 is 0 Å². The Morgan fingerprint density at radius 1 is 1.50 bits per heavy atom. The van der Waals surface area contributed by atoms with E-state index in [-0.39, 0.29) is 11.9 Å². The zero-order chi connectivity index (χ0) is 14.9. The largest absolute Gasteiger partial charge is 0.481 e. The molecule has 1 saturated heterocycles. The van der Waals surface area contributed by atoms with Gasteiger partial charge in [0.25, 0.3) is 0 Å². The molecule has 1 aliphatic heterocycles. The maximum absolute atomic E-state index is 13.7. The van der Waals surface area contributed by atoms with Gasteiger partial charge < -0.3 is 5.11 Å². The van der Waals surface area contributed by atoms with Gasteiger partial charge in [0.2, 0.25) is 0 Å². The highest BCUT2D eigenvalue weighted by atomic mass is 19.1. The number of halogens is 1. The number of likely N-dealkylation sites (tertiary alicyclic amines) is 1. The van der Waals surface area contributed by atoms with Crippen LogP contribution in [0.1, 0.15) is 43.9 Å². The lowest BCUT2D eigenvalue weighted by atomic mass is 9.81. The molecule has 1 aromatic carbocycles. The molecule has 4 heteroatoms. The third kappa shape index (κ3) is 2.85. The predicted octanol–water partition coefficient (Wildman–Crippen LogP) is 3.38. The van der Waals surface area contributed by atoms with Crippen LogP contribution in [0.5, 0.6) is 0 Å². The number of hydrogen-bond acceptors (Lipinski definition) is 2. The van der Waals surface area contributed by atoms with Crippen molar-refractivity contribution in [2.45, 2.75) is 39.7 Å². The van der Waals surface area contributed by atoms with Crippen molar-refractivity contribution in [3.8, 4) is 0 Å². The van der Waals surface area contributed by atoms with Gasteiger partial charge in [-0.1, -0.05) is 12.1 Å². The van der Waals surface area contributed by atoms with Crippen molar-refractivity contribution in [3.05, 3.63) is 35.1 Å². The van der Waals surface area contributed by atoms with Crippen molar-refractivity contribution in [2.24, 2.45) is 5.41 Å². The molecule has 1 heterocycles. The summed E-state index contributed by atoms with van der Waals surface area (Å²) in [5.41, 5.74) is 0.841. The number of aryl methyl sites for hydroxylation is 1. The molecule has 0 saturated carbocycles. The third-order valence-electron chi connectivity index (χ3n) is 4.47. The molecule has 2 rings (SSSR count). The highest BCUT2D eigenvalue weighted by molar-refractivity contribution is 5.74. The summed E-state index contributed by atoms with van der Waals surface area (Å²) < 4.78 is 13.7. The molecule has 3 nitrogen and oxygen atoms in total. The first-order chi connectivity index (χ1) is 9.33. The Morgan fingerprint density at radius 3 is 2.80 bits per heavy atom. The molecule has 2 unspecified atom stereocenters. The van der Waals surface area contributed by atoms with Crippen LogP contribution in [0.25, 0.3) is 0 Å². The van der Waals surface area contributed by atoms with Crippen LogP contribution in [0.2, 0.25) is 0 Å². The molecule has 1 N–H and O–H groups in total. The lowest BCUT2D eigenvalue weighted by Crippen LogP contribution is -2.46. The topological polar surface area (TPSA) is 40.5 Å². The van der Waals surface area contributed by atoms with Gasteiger partial charge in [-0.15, -0.1) is 0 Å². The second kappa shape index (κ2) is 5.52. The molecular formula is C16H22FNO2. The van der Waals surface area contributed by atoms with Crippen molar-refractivity contribution in [1.29, 1.82) is 0 Å². The van der Waals surface area contributed by atoms with Crippen molar-refractivity contribution >= 4 is 5.97 Å². The standard InChI is InChI=1S/C16H22FNO2/c1-11-5-6-13(9-14(11)17)12(2)18-8-4-7-16(3,10-18)15(19)20/h5-6,9,12H,4,7-8,10H2,1-3H3,(H,19,20). The van der Waals surface area contributed by atoms with Gasteiger partial charge in [0, 0.05) is 12.6 Å². The molecule has 0 aromatic heterocycles. The molecular weight excluding hydrogens is 257 g/mol. The van der Waals surface area contributed by atoms with E-state index in [2.05, 4.69) is 4.90 Å². The van der Waals surface area contributed by atoms with E-state index in [4.69, 9.17) is 0 Å². The van der Waals surface area contributed by atoms with Gasteiger partial charge in [0.1, 0.15) is 5.82 Å². The average molecular weight is 279 g/mol. The number of piperidine rings is 1. The van der Waals surface area contributed by atoms with E-state index in [1.54, 1.807) is 26.0 Å². The minimum absolute atomic E-state index is 0.0316. The Morgan fingerprint density at radius 2 is 2.20 bits per heavy atom.